The van der Waals surface area contributed by atoms with Crippen LogP contribution < -0.4 is 59.1 Å². The van der Waals surface area contributed by atoms with Gasteiger partial charge in [-0.2, -0.15) is 0 Å². The number of rotatable bonds is 2. The Morgan fingerprint density at radius 1 is 1.33 bits per heavy atom. The summed E-state index contributed by atoms with van der Waals surface area (Å²) in [5.74, 6) is -0.312. The van der Waals surface area contributed by atoms with E-state index in [1.165, 1.54) is 0 Å². The second kappa shape index (κ2) is 13.1. The van der Waals surface area contributed by atoms with E-state index in [9.17, 15) is 4.79 Å². The van der Waals surface area contributed by atoms with Crippen molar-refractivity contribution in [2.45, 2.75) is 13.8 Å². The van der Waals surface area contributed by atoms with E-state index in [2.05, 4.69) is 11.3 Å². The van der Waals surface area contributed by atoms with Crippen LogP contribution in [-0.2, 0) is 19.9 Å². The molecule has 0 bridgehead atoms. The molecule has 0 rings (SSSR count). The van der Waals surface area contributed by atoms with E-state index in [-0.39, 0.29) is 65.1 Å². The molecule has 0 unspecified atom stereocenters. The molecule has 0 aliphatic rings. The van der Waals surface area contributed by atoms with Crippen LogP contribution in [0.3, 0.4) is 0 Å². The average molecular weight is 256 g/mol. The van der Waals surface area contributed by atoms with Gasteiger partial charge in [-0.25, -0.2) is 4.79 Å². The van der Waals surface area contributed by atoms with Gasteiger partial charge in [0.25, 0.3) is 0 Å². The fourth-order valence-corrected chi connectivity index (χ4v) is 0.254. The number of hydrogen-bond acceptors (Lipinski definition) is 6. The van der Waals surface area contributed by atoms with Crippen LogP contribution in [0.5, 0.6) is 0 Å². The Bertz CT molecular complexity index is 265. The van der Waals surface area contributed by atoms with Gasteiger partial charge in [-0.1, -0.05) is 6.58 Å². The van der Waals surface area contributed by atoms with Crippen molar-refractivity contribution >= 4 is 16.4 Å². The second-order valence-corrected chi connectivity index (χ2v) is 2.73. The maximum atomic E-state index is 10.4. The molecule has 0 saturated carbocycles. The first-order chi connectivity index (χ1) is 5.68. The van der Waals surface area contributed by atoms with Gasteiger partial charge in [0.2, 0.25) is 0 Å². The average Bonchev–Trinajstić information content (AvgIpc) is 1.84. The van der Waals surface area contributed by atoms with Crippen LogP contribution in [0.25, 0.3) is 0 Å². The van der Waals surface area contributed by atoms with Gasteiger partial charge in [0.1, 0.15) is 0 Å². The van der Waals surface area contributed by atoms with Crippen molar-refractivity contribution in [2.24, 2.45) is 0 Å². The molecule has 0 heterocycles. The minimum atomic E-state index is -5.17. The molecule has 0 aromatic rings. The first kappa shape index (κ1) is 25.1. The van der Waals surface area contributed by atoms with Crippen molar-refractivity contribution < 1.29 is 86.2 Å². The van der Waals surface area contributed by atoms with E-state index >= 15 is 0 Å². The molecule has 78 valence electrons. The maximum Gasteiger partial charge on any atom is 1.00 e. The summed E-state index contributed by atoms with van der Waals surface area (Å²) in [6.07, 6.45) is 0. The van der Waals surface area contributed by atoms with E-state index < -0.39 is 10.4 Å². The zero-order valence-corrected chi connectivity index (χ0v) is 14.1. The van der Waals surface area contributed by atoms with E-state index in [4.69, 9.17) is 17.5 Å². The van der Waals surface area contributed by atoms with Crippen molar-refractivity contribution in [1.82, 2.24) is 0 Å². The number of carbonyl (C=O) groups excluding carboxylic acids is 1. The monoisotopic (exact) mass is 256 g/mol. The molecule has 15 heavy (non-hydrogen) atoms. The van der Waals surface area contributed by atoms with Gasteiger partial charge in [0.05, 0.1) is 6.61 Å². The van der Waals surface area contributed by atoms with Crippen LogP contribution in [0.4, 0.5) is 0 Å². The van der Waals surface area contributed by atoms with E-state index in [0.29, 0.717) is 12.2 Å². The summed E-state index contributed by atoms with van der Waals surface area (Å²) in [7, 11) is -5.17. The Labute approximate surface area is 134 Å². The van der Waals surface area contributed by atoms with Crippen molar-refractivity contribution in [3.05, 3.63) is 12.2 Å². The maximum absolute atomic E-state index is 10.4. The molecule has 0 aromatic carbocycles. The minimum absolute atomic E-state index is 0. The van der Waals surface area contributed by atoms with Gasteiger partial charge in [-0.3, -0.25) is 8.42 Å². The number of esters is 1. The number of hydrogen-bond donors (Lipinski definition) is 0. The smallest absolute Gasteiger partial charge is 0.759 e. The zero-order valence-electron chi connectivity index (χ0n) is 9.27. The summed E-state index contributed by atoms with van der Waals surface area (Å²) in [5.41, 5.74) is 0.451. The largest absolute Gasteiger partial charge is 1.00 e. The topological polar surface area (TPSA) is 107 Å². The van der Waals surface area contributed by atoms with Crippen LogP contribution in [0, 0.1) is 0 Å². The van der Waals surface area contributed by atoms with Gasteiger partial charge < -0.3 is 13.8 Å². The van der Waals surface area contributed by atoms with Gasteiger partial charge in [-0.05, 0) is 13.8 Å². The summed E-state index contributed by atoms with van der Waals surface area (Å²) in [6, 6.07) is 0. The number of ether oxygens (including phenoxy) is 1. The predicted octanol–water partition coefficient (Wildman–Crippen LogP) is -6.20. The van der Waals surface area contributed by atoms with Crippen LogP contribution in [0.2, 0.25) is 0 Å². The van der Waals surface area contributed by atoms with Crippen molar-refractivity contribution in [3.63, 3.8) is 0 Å². The molecular formula is C6H10Na2O6S. The fraction of sp³-hybridized carbons (Fsp3) is 0.500. The minimum Gasteiger partial charge on any atom is -0.759 e. The Morgan fingerprint density at radius 3 is 1.67 bits per heavy atom. The first-order valence-corrected chi connectivity index (χ1v) is 4.51. The molecule has 0 saturated heterocycles. The summed E-state index contributed by atoms with van der Waals surface area (Å²) in [4.78, 5) is 10.4. The molecule has 0 radical (unpaired) electrons. The third-order valence-electron chi connectivity index (χ3n) is 0.624. The molecule has 6 nitrogen and oxygen atoms in total. The van der Waals surface area contributed by atoms with Gasteiger partial charge in [0.15, 0.2) is 0 Å². The van der Waals surface area contributed by atoms with E-state index in [0.717, 1.165) is 0 Å². The molecule has 0 N–H and O–H groups in total. The first-order valence-electron chi connectivity index (χ1n) is 3.17. The third kappa shape index (κ3) is 39.5. The molecular weight excluding hydrogens is 246 g/mol. The van der Waals surface area contributed by atoms with Crippen molar-refractivity contribution in [3.8, 4) is 0 Å². The summed E-state index contributed by atoms with van der Waals surface area (Å²) < 4.78 is 38.6. The normalized spacial score (nSPS) is 8.27. The molecule has 0 amide bonds. The van der Waals surface area contributed by atoms with Crippen molar-refractivity contribution in [1.29, 1.82) is 0 Å². The third-order valence-corrected chi connectivity index (χ3v) is 0.624. The quantitative estimate of drug-likeness (QED) is 0.160. The fourth-order valence-electron chi connectivity index (χ4n) is 0.254. The van der Waals surface area contributed by atoms with Crippen LogP contribution in [-0.4, -0.2) is 30.1 Å². The van der Waals surface area contributed by atoms with Crippen LogP contribution in [0.1, 0.15) is 13.8 Å². The second-order valence-electron chi connectivity index (χ2n) is 1.91. The number of carbonyl (C=O) groups is 1. The summed E-state index contributed by atoms with van der Waals surface area (Å²) in [5, 5.41) is 0. The Balaban J connectivity index is -0.0000000770. The SMILES string of the molecule is C=C(C)C(=O)OCC.O=S(=O)([O-])[O-].[Na+].[Na+]. The predicted molar refractivity (Wildman–Crippen MR) is 41.9 cm³/mol. The van der Waals surface area contributed by atoms with Gasteiger partial charge >= 0.3 is 65.1 Å². The standard InChI is InChI=1S/C6H10O2.2Na.H2O4S/c1-4-8-6(7)5(2)3;;;1-5(2,3)4/h2,4H2,1,3H3;;;(H2,1,2,3,4)/q;2*+1;/p-2. The van der Waals surface area contributed by atoms with E-state index in [1.54, 1.807) is 13.8 Å². The Kier molecular flexibility index (Phi) is 22.0. The van der Waals surface area contributed by atoms with Crippen LogP contribution >= 0.6 is 0 Å². The van der Waals surface area contributed by atoms with Gasteiger partial charge in [0, 0.05) is 16.0 Å². The molecule has 0 aromatic heterocycles. The summed E-state index contributed by atoms with van der Waals surface area (Å²) >= 11 is 0. The van der Waals surface area contributed by atoms with E-state index in [1.807, 2.05) is 0 Å². The van der Waals surface area contributed by atoms with Crippen LogP contribution in [0.15, 0.2) is 12.2 Å². The van der Waals surface area contributed by atoms with Crippen molar-refractivity contribution in [2.75, 3.05) is 6.61 Å². The Morgan fingerprint density at radius 2 is 1.60 bits per heavy atom. The molecule has 0 aliphatic heterocycles. The molecule has 9 heteroatoms. The molecule has 0 fully saturated rings. The zero-order chi connectivity index (χ0) is 11.1. The molecule has 0 aliphatic carbocycles. The molecule has 0 spiro atoms. The summed E-state index contributed by atoms with van der Waals surface area (Å²) in [6.45, 7) is 7.21. The Hall–Kier alpha value is 1.08. The molecule has 0 atom stereocenters. The van der Waals surface area contributed by atoms with Gasteiger partial charge in [-0.15, -0.1) is 0 Å².